The molecule has 112 valence electrons. The molecule has 2 aromatic carbocycles. The summed E-state index contributed by atoms with van der Waals surface area (Å²) >= 11 is 2.14. The van der Waals surface area contributed by atoms with Gasteiger partial charge in [0.2, 0.25) is 15.8 Å². The van der Waals surface area contributed by atoms with Gasteiger partial charge in [-0.1, -0.05) is 12.1 Å². The summed E-state index contributed by atoms with van der Waals surface area (Å²) in [5.41, 5.74) is 0.769. The van der Waals surface area contributed by atoms with Crippen molar-refractivity contribution < 1.29 is 21.9 Å². The van der Waals surface area contributed by atoms with E-state index in [4.69, 9.17) is 9.88 Å². The monoisotopic (exact) mass is 425 g/mol. The molecule has 0 saturated carbocycles. The van der Waals surface area contributed by atoms with Crippen LogP contribution in [0.1, 0.15) is 5.56 Å². The van der Waals surface area contributed by atoms with E-state index in [2.05, 4.69) is 22.6 Å². The molecule has 2 aromatic rings. The van der Waals surface area contributed by atoms with Crippen LogP contribution >= 0.6 is 22.6 Å². The normalized spacial score (nSPS) is 11.4. The van der Waals surface area contributed by atoms with Crippen LogP contribution in [0.3, 0.4) is 0 Å². The van der Waals surface area contributed by atoms with Gasteiger partial charge in [-0.2, -0.15) is 4.39 Å². The summed E-state index contributed by atoms with van der Waals surface area (Å²) in [4.78, 5) is -0.901. The molecule has 0 aliphatic carbocycles. The van der Waals surface area contributed by atoms with Gasteiger partial charge in [-0.3, -0.25) is 0 Å². The van der Waals surface area contributed by atoms with Crippen LogP contribution in [0.2, 0.25) is 0 Å². The fourth-order valence-electron chi connectivity index (χ4n) is 1.59. The maximum absolute atomic E-state index is 13.7. The smallest absolute Gasteiger partial charge is 0.241 e. The van der Waals surface area contributed by atoms with Crippen LogP contribution in [0.15, 0.2) is 41.3 Å². The molecule has 8 heteroatoms. The lowest BCUT2D eigenvalue weighted by atomic mass is 10.2. The van der Waals surface area contributed by atoms with Gasteiger partial charge in [-0.05, 0) is 52.4 Å². The summed E-state index contributed by atoms with van der Waals surface area (Å²) in [6.45, 7) is 0.0298. The van der Waals surface area contributed by atoms with Gasteiger partial charge in [-0.15, -0.1) is 0 Å². The Morgan fingerprint density at radius 2 is 1.67 bits per heavy atom. The van der Waals surface area contributed by atoms with E-state index < -0.39 is 26.6 Å². The number of ether oxygens (including phenoxy) is 1. The molecular weight excluding hydrogens is 415 g/mol. The standard InChI is InChI=1S/C13H10F2INO3S/c14-12-10(5-6-11(13(12)15)21(17,18)19)20-7-8-1-3-9(16)4-2-8/h1-6H,7H2,(H2,17,18,19). The highest BCUT2D eigenvalue weighted by Crippen LogP contribution is 2.25. The van der Waals surface area contributed by atoms with Gasteiger partial charge in [0.05, 0.1) is 0 Å². The van der Waals surface area contributed by atoms with Crippen molar-refractivity contribution >= 4 is 32.6 Å². The zero-order valence-corrected chi connectivity index (χ0v) is 13.5. The van der Waals surface area contributed by atoms with Crippen molar-refractivity contribution in [1.29, 1.82) is 0 Å². The number of sulfonamides is 1. The van der Waals surface area contributed by atoms with Gasteiger partial charge in [0.25, 0.3) is 0 Å². The van der Waals surface area contributed by atoms with Crippen LogP contribution < -0.4 is 9.88 Å². The number of primary sulfonamides is 1. The highest BCUT2D eigenvalue weighted by molar-refractivity contribution is 14.1. The second-order valence-electron chi connectivity index (χ2n) is 4.15. The summed E-state index contributed by atoms with van der Waals surface area (Å²) in [5.74, 6) is -3.30. The maximum Gasteiger partial charge on any atom is 0.241 e. The van der Waals surface area contributed by atoms with Crippen LogP contribution in [0.4, 0.5) is 8.78 Å². The molecule has 0 aliphatic heterocycles. The minimum Gasteiger partial charge on any atom is -0.486 e. The van der Waals surface area contributed by atoms with Crippen molar-refractivity contribution in [3.63, 3.8) is 0 Å². The Morgan fingerprint density at radius 1 is 1.05 bits per heavy atom. The SMILES string of the molecule is NS(=O)(=O)c1ccc(OCc2ccc(I)cc2)c(F)c1F. The average molecular weight is 425 g/mol. The summed E-state index contributed by atoms with van der Waals surface area (Å²) in [6, 6.07) is 9.17. The molecule has 21 heavy (non-hydrogen) atoms. The summed E-state index contributed by atoms with van der Waals surface area (Å²) in [5, 5.41) is 4.78. The topological polar surface area (TPSA) is 69.4 Å². The molecule has 0 atom stereocenters. The highest BCUT2D eigenvalue weighted by Gasteiger charge is 2.21. The summed E-state index contributed by atoms with van der Waals surface area (Å²) < 4.78 is 55.7. The molecule has 2 rings (SSSR count). The first-order valence-corrected chi connectivity index (χ1v) is 8.29. The molecule has 0 unspecified atom stereocenters. The zero-order chi connectivity index (χ0) is 15.6. The Labute approximate surface area is 134 Å². The second-order valence-corrected chi connectivity index (χ2v) is 6.93. The highest BCUT2D eigenvalue weighted by atomic mass is 127. The first kappa shape index (κ1) is 16.1. The minimum absolute atomic E-state index is 0.0298. The van der Waals surface area contributed by atoms with Gasteiger partial charge in [0, 0.05) is 3.57 Å². The quantitative estimate of drug-likeness (QED) is 0.767. The van der Waals surface area contributed by atoms with Crippen LogP contribution in [-0.2, 0) is 16.6 Å². The van der Waals surface area contributed by atoms with Gasteiger partial charge in [0.15, 0.2) is 11.6 Å². The molecule has 0 aromatic heterocycles. The molecular formula is C13H10F2INO3S. The van der Waals surface area contributed by atoms with Crippen molar-refractivity contribution in [2.24, 2.45) is 5.14 Å². The van der Waals surface area contributed by atoms with Crippen molar-refractivity contribution in [3.05, 3.63) is 57.2 Å². The third-order valence-electron chi connectivity index (χ3n) is 2.63. The Kier molecular flexibility index (Phi) is 4.79. The van der Waals surface area contributed by atoms with Gasteiger partial charge < -0.3 is 4.74 Å². The number of hydrogen-bond acceptors (Lipinski definition) is 3. The van der Waals surface area contributed by atoms with E-state index in [0.717, 1.165) is 21.3 Å². The molecule has 2 N–H and O–H groups in total. The van der Waals surface area contributed by atoms with E-state index in [1.807, 2.05) is 12.1 Å². The van der Waals surface area contributed by atoms with Gasteiger partial charge in [0.1, 0.15) is 11.5 Å². The average Bonchev–Trinajstić information content (AvgIpc) is 2.41. The van der Waals surface area contributed by atoms with Crippen LogP contribution in [0.25, 0.3) is 0 Å². The molecule has 0 radical (unpaired) electrons. The molecule has 0 heterocycles. The fourth-order valence-corrected chi connectivity index (χ4v) is 2.54. The van der Waals surface area contributed by atoms with Crippen LogP contribution in [-0.4, -0.2) is 8.42 Å². The van der Waals surface area contributed by atoms with E-state index in [1.165, 1.54) is 0 Å². The molecule has 0 bridgehead atoms. The minimum atomic E-state index is -4.32. The van der Waals surface area contributed by atoms with E-state index in [1.54, 1.807) is 12.1 Å². The lowest BCUT2D eigenvalue weighted by molar-refractivity contribution is 0.283. The molecule has 0 spiro atoms. The van der Waals surface area contributed by atoms with Crippen LogP contribution in [0.5, 0.6) is 5.75 Å². The van der Waals surface area contributed by atoms with Crippen molar-refractivity contribution in [1.82, 2.24) is 0 Å². The largest absolute Gasteiger partial charge is 0.486 e. The molecule has 4 nitrogen and oxygen atoms in total. The van der Waals surface area contributed by atoms with E-state index in [9.17, 15) is 17.2 Å². The Balaban J connectivity index is 2.22. The van der Waals surface area contributed by atoms with E-state index in [0.29, 0.717) is 0 Å². The zero-order valence-electron chi connectivity index (χ0n) is 10.5. The number of nitrogens with two attached hydrogens (primary N) is 1. The number of benzene rings is 2. The van der Waals surface area contributed by atoms with Crippen molar-refractivity contribution in [2.75, 3.05) is 0 Å². The van der Waals surface area contributed by atoms with E-state index in [-0.39, 0.29) is 12.4 Å². The summed E-state index contributed by atoms with van der Waals surface area (Å²) in [7, 11) is -4.32. The van der Waals surface area contributed by atoms with Crippen LogP contribution in [0, 0.1) is 15.2 Å². The predicted molar refractivity (Wildman–Crippen MR) is 81.2 cm³/mol. The lowest BCUT2D eigenvalue weighted by Gasteiger charge is -2.09. The van der Waals surface area contributed by atoms with Gasteiger partial charge in [-0.25, -0.2) is 17.9 Å². The predicted octanol–water partition coefficient (Wildman–Crippen LogP) is 2.80. The number of halogens is 3. The van der Waals surface area contributed by atoms with Crippen molar-refractivity contribution in [3.8, 4) is 5.75 Å². The van der Waals surface area contributed by atoms with Gasteiger partial charge >= 0.3 is 0 Å². The third kappa shape index (κ3) is 3.89. The molecule has 0 aliphatic rings. The molecule has 0 fully saturated rings. The van der Waals surface area contributed by atoms with Crippen molar-refractivity contribution in [2.45, 2.75) is 11.5 Å². The Bertz CT molecular complexity index is 764. The Hall–Kier alpha value is -1.26. The first-order chi connectivity index (χ1) is 9.79. The molecule has 0 amide bonds. The van der Waals surface area contributed by atoms with E-state index >= 15 is 0 Å². The summed E-state index contributed by atoms with van der Waals surface area (Å²) in [6.07, 6.45) is 0. The fraction of sp³-hybridized carbons (Fsp3) is 0.0769. The Morgan fingerprint density at radius 3 is 2.24 bits per heavy atom. The number of rotatable bonds is 4. The maximum atomic E-state index is 13.7. The first-order valence-electron chi connectivity index (χ1n) is 5.67. The number of hydrogen-bond donors (Lipinski definition) is 1. The second kappa shape index (κ2) is 6.24. The lowest BCUT2D eigenvalue weighted by Crippen LogP contribution is -2.15. The third-order valence-corrected chi connectivity index (χ3v) is 4.27. The molecule has 0 saturated heterocycles.